The summed E-state index contributed by atoms with van der Waals surface area (Å²) >= 11 is 0. The highest BCUT2D eigenvalue weighted by atomic mass is 16.3. The molecule has 3 rings (SSSR count). The Bertz CT molecular complexity index is 939. The fourth-order valence-corrected chi connectivity index (χ4v) is 2.96. The van der Waals surface area contributed by atoms with E-state index in [2.05, 4.69) is 46.6 Å². The maximum Gasteiger partial charge on any atom is 0.136 e. The fraction of sp³-hybridized carbons (Fsp3) is 0.261. The summed E-state index contributed by atoms with van der Waals surface area (Å²) in [7, 11) is 3.83. The lowest BCUT2D eigenvalue weighted by Gasteiger charge is -2.14. The molecule has 0 bridgehead atoms. The molecule has 0 spiro atoms. The minimum absolute atomic E-state index is 0.173. The van der Waals surface area contributed by atoms with Crippen LogP contribution in [0.15, 0.2) is 73.2 Å². The van der Waals surface area contributed by atoms with Crippen molar-refractivity contribution in [3.63, 3.8) is 0 Å². The van der Waals surface area contributed by atoms with E-state index < -0.39 is 0 Å². The van der Waals surface area contributed by atoms with Crippen LogP contribution in [0.25, 0.3) is 16.8 Å². The number of benzene rings is 1. The number of phenols is 1. The van der Waals surface area contributed by atoms with Crippen LogP contribution in [-0.4, -0.2) is 28.6 Å². The SMILES string of the molecule is C=CCC(NC)c1cnc2ccc(-c3cccc(O)c3)cn12.CNC=C(C)C. The highest BCUT2D eigenvalue weighted by Crippen LogP contribution is 2.26. The first-order valence-electron chi connectivity index (χ1n) is 9.35. The molecule has 0 fully saturated rings. The maximum atomic E-state index is 9.66. The molecule has 0 amide bonds. The Morgan fingerprint density at radius 2 is 2.00 bits per heavy atom. The Morgan fingerprint density at radius 3 is 2.57 bits per heavy atom. The van der Waals surface area contributed by atoms with Gasteiger partial charge in [0.2, 0.25) is 0 Å². The van der Waals surface area contributed by atoms with Gasteiger partial charge in [-0.15, -0.1) is 6.58 Å². The summed E-state index contributed by atoms with van der Waals surface area (Å²) in [4.78, 5) is 4.46. The van der Waals surface area contributed by atoms with Crippen molar-refractivity contribution in [2.75, 3.05) is 14.1 Å². The Balaban J connectivity index is 0.000000409. The minimum atomic E-state index is 0.173. The van der Waals surface area contributed by atoms with Crippen molar-refractivity contribution in [1.82, 2.24) is 20.0 Å². The van der Waals surface area contributed by atoms with E-state index >= 15 is 0 Å². The van der Waals surface area contributed by atoms with E-state index in [-0.39, 0.29) is 11.8 Å². The van der Waals surface area contributed by atoms with Crippen LogP contribution in [0.1, 0.15) is 32.0 Å². The summed E-state index contributed by atoms with van der Waals surface area (Å²) in [6.45, 7) is 7.92. The van der Waals surface area contributed by atoms with Gasteiger partial charge in [0, 0.05) is 13.2 Å². The molecule has 3 aromatic rings. The zero-order valence-electron chi connectivity index (χ0n) is 17.1. The number of phenolic OH excluding ortho intramolecular Hbond substituents is 1. The third-order valence-electron chi connectivity index (χ3n) is 4.25. The van der Waals surface area contributed by atoms with Crippen LogP contribution in [0.4, 0.5) is 0 Å². The summed E-state index contributed by atoms with van der Waals surface area (Å²) in [6, 6.07) is 11.4. The molecule has 2 heterocycles. The van der Waals surface area contributed by atoms with E-state index in [1.165, 1.54) is 5.57 Å². The maximum absolute atomic E-state index is 9.66. The highest BCUT2D eigenvalue weighted by molar-refractivity contribution is 5.66. The number of allylic oxidation sites excluding steroid dienone is 1. The molecule has 2 aromatic heterocycles. The molecule has 0 saturated heterocycles. The summed E-state index contributed by atoms with van der Waals surface area (Å²) < 4.78 is 2.09. The predicted molar refractivity (Wildman–Crippen MR) is 117 cm³/mol. The lowest BCUT2D eigenvalue weighted by atomic mass is 10.1. The number of aromatic nitrogens is 2. The number of imidazole rings is 1. The summed E-state index contributed by atoms with van der Waals surface area (Å²) in [5, 5.41) is 15.9. The zero-order valence-corrected chi connectivity index (χ0v) is 17.1. The van der Waals surface area contributed by atoms with Crippen molar-refractivity contribution in [3.8, 4) is 16.9 Å². The van der Waals surface area contributed by atoms with E-state index in [1.807, 2.05) is 56.8 Å². The van der Waals surface area contributed by atoms with Gasteiger partial charge in [-0.1, -0.05) is 23.8 Å². The Morgan fingerprint density at radius 1 is 1.21 bits per heavy atom. The standard InChI is InChI=1S/C18H19N3O.C5H11N/c1-3-5-16(19-2)17-11-20-18-9-8-14(12-21(17)18)13-6-4-7-15(22)10-13;1-5(2)4-6-3/h3-4,6-12,16,19,22H,1,5H2,2H3;4,6H,1-3H3. The molecule has 3 N–H and O–H groups in total. The van der Waals surface area contributed by atoms with Gasteiger partial charge in [0.15, 0.2) is 0 Å². The van der Waals surface area contributed by atoms with Gasteiger partial charge in [-0.3, -0.25) is 0 Å². The summed E-state index contributed by atoms with van der Waals surface area (Å²) in [5.41, 5.74) is 5.32. The van der Waals surface area contributed by atoms with Crippen molar-refractivity contribution in [2.45, 2.75) is 26.3 Å². The topological polar surface area (TPSA) is 61.6 Å². The van der Waals surface area contributed by atoms with Gasteiger partial charge in [0.25, 0.3) is 0 Å². The van der Waals surface area contributed by atoms with Crippen LogP contribution >= 0.6 is 0 Å². The van der Waals surface area contributed by atoms with Gasteiger partial charge in [-0.05, 0) is 68.9 Å². The van der Waals surface area contributed by atoms with Crippen LogP contribution in [0.5, 0.6) is 5.75 Å². The Labute approximate surface area is 167 Å². The lowest BCUT2D eigenvalue weighted by Crippen LogP contribution is -2.17. The zero-order chi connectivity index (χ0) is 20.5. The third-order valence-corrected chi connectivity index (χ3v) is 4.25. The van der Waals surface area contributed by atoms with Gasteiger partial charge in [0.1, 0.15) is 11.4 Å². The van der Waals surface area contributed by atoms with Crippen molar-refractivity contribution in [3.05, 3.63) is 78.9 Å². The molecule has 1 aromatic carbocycles. The first-order valence-corrected chi connectivity index (χ1v) is 9.35. The second-order valence-corrected chi connectivity index (χ2v) is 6.76. The van der Waals surface area contributed by atoms with E-state index in [1.54, 1.807) is 12.1 Å². The van der Waals surface area contributed by atoms with Crippen LogP contribution in [0.2, 0.25) is 0 Å². The number of aromatic hydroxyl groups is 1. The molecular formula is C23H30N4O. The molecular weight excluding hydrogens is 348 g/mol. The van der Waals surface area contributed by atoms with Gasteiger partial charge in [-0.2, -0.15) is 0 Å². The highest BCUT2D eigenvalue weighted by Gasteiger charge is 2.13. The monoisotopic (exact) mass is 378 g/mol. The molecule has 5 nitrogen and oxygen atoms in total. The van der Waals surface area contributed by atoms with E-state index in [0.29, 0.717) is 0 Å². The van der Waals surface area contributed by atoms with Crippen LogP contribution < -0.4 is 10.6 Å². The molecule has 148 valence electrons. The number of nitrogens with zero attached hydrogens (tertiary/aromatic N) is 2. The Kier molecular flexibility index (Phi) is 7.84. The van der Waals surface area contributed by atoms with E-state index in [0.717, 1.165) is 28.9 Å². The van der Waals surface area contributed by atoms with Crippen LogP contribution in [0.3, 0.4) is 0 Å². The molecule has 0 aliphatic rings. The smallest absolute Gasteiger partial charge is 0.136 e. The van der Waals surface area contributed by atoms with Crippen molar-refractivity contribution >= 4 is 5.65 Å². The van der Waals surface area contributed by atoms with Gasteiger partial charge in [0.05, 0.1) is 17.9 Å². The first kappa shape index (κ1) is 21.3. The molecule has 5 heteroatoms. The Hall–Kier alpha value is -3.05. The normalized spacial score (nSPS) is 11.3. The number of hydrogen-bond donors (Lipinski definition) is 3. The summed E-state index contributed by atoms with van der Waals surface area (Å²) in [6.07, 6.45) is 8.65. The molecule has 0 radical (unpaired) electrons. The van der Waals surface area contributed by atoms with Gasteiger partial charge >= 0.3 is 0 Å². The molecule has 1 atom stereocenters. The van der Waals surface area contributed by atoms with Gasteiger partial charge < -0.3 is 20.1 Å². The minimum Gasteiger partial charge on any atom is -0.508 e. The van der Waals surface area contributed by atoms with E-state index in [4.69, 9.17) is 0 Å². The number of rotatable bonds is 6. The number of hydrogen-bond acceptors (Lipinski definition) is 4. The lowest BCUT2D eigenvalue weighted by molar-refractivity contribution is 0.475. The first-order chi connectivity index (χ1) is 13.5. The predicted octanol–water partition coefficient (Wildman–Crippen LogP) is 4.67. The molecule has 28 heavy (non-hydrogen) atoms. The van der Waals surface area contributed by atoms with Crippen LogP contribution in [-0.2, 0) is 0 Å². The van der Waals surface area contributed by atoms with E-state index in [9.17, 15) is 5.11 Å². The van der Waals surface area contributed by atoms with Crippen molar-refractivity contribution in [2.24, 2.45) is 0 Å². The fourth-order valence-electron chi connectivity index (χ4n) is 2.96. The van der Waals surface area contributed by atoms with Gasteiger partial charge in [-0.25, -0.2) is 4.98 Å². The third kappa shape index (κ3) is 5.47. The molecule has 0 saturated carbocycles. The van der Waals surface area contributed by atoms with Crippen molar-refractivity contribution in [1.29, 1.82) is 0 Å². The number of fused-ring (bicyclic) bond motifs is 1. The average Bonchev–Trinajstić information content (AvgIpc) is 3.09. The largest absolute Gasteiger partial charge is 0.508 e. The molecule has 0 aliphatic heterocycles. The average molecular weight is 379 g/mol. The second-order valence-electron chi connectivity index (χ2n) is 6.76. The van der Waals surface area contributed by atoms with Crippen molar-refractivity contribution < 1.29 is 5.11 Å². The quantitative estimate of drug-likeness (QED) is 0.545. The second kappa shape index (κ2) is 10.3. The molecule has 1 unspecified atom stereocenters. The number of nitrogens with one attached hydrogen (secondary N) is 2. The molecule has 0 aliphatic carbocycles. The van der Waals surface area contributed by atoms with Crippen LogP contribution in [0, 0.1) is 0 Å². The summed E-state index contributed by atoms with van der Waals surface area (Å²) in [5.74, 6) is 0.267. The number of pyridine rings is 1.